The SMILES string of the molecule is CN1CCOc2c1ccc[n+]2C. The third-order valence-electron chi connectivity index (χ3n) is 2.18. The van der Waals surface area contributed by atoms with Gasteiger partial charge in [0.05, 0.1) is 6.54 Å². The van der Waals surface area contributed by atoms with E-state index >= 15 is 0 Å². The highest BCUT2D eigenvalue weighted by Crippen LogP contribution is 2.25. The van der Waals surface area contributed by atoms with E-state index in [0.717, 1.165) is 19.0 Å². The van der Waals surface area contributed by atoms with Gasteiger partial charge in [0.1, 0.15) is 13.7 Å². The monoisotopic (exact) mass is 165 g/mol. The summed E-state index contributed by atoms with van der Waals surface area (Å²) < 4.78 is 7.55. The minimum absolute atomic E-state index is 0.779. The number of rotatable bonds is 0. The van der Waals surface area contributed by atoms with E-state index in [-0.39, 0.29) is 0 Å². The lowest BCUT2D eigenvalue weighted by molar-refractivity contribution is -0.676. The summed E-state index contributed by atoms with van der Waals surface area (Å²) in [5, 5.41) is 0. The fraction of sp³-hybridized carbons (Fsp3) is 0.444. The Bertz CT molecular complexity index is 299. The van der Waals surface area contributed by atoms with Crippen LogP contribution in [0.5, 0.6) is 5.88 Å². The van der Waals surface area contributed by atoms with Crippen molar-refractivity contribution in [2.45, 2.75) is 0 Å². The van der Waals surface area contributed by atoms with Crippen LogP contribution in [0.2, 0.25) is 0 Å². The van der Waals surface area contributed by atoms with E-state index in [9.17, 15) is 0 Å². The van der Waals surface area contributed by atoms with E-state index < -0.39 is 0 Å². The molecule has 0 aromatic carbocycles. The summed E-state index contributed by atoms with van der Waals surface area (Å²) in [4.78, 5) is 2.21. The lowest BCUT2D eigenvalue weighted by Gasteiger charge is -2.24. The summed E-state index contributed by atoms with van der Waals surface area (Å²) in [7, 11) is 4.08. The summed E-state index contributed by atoms with van der Waals surface area (Å²) in [5.74, 6) is 0.964. The first-order valence-corrected chi connectivity index (χ1v) is 4.11. The molecule has 0 N–H and O–H groups in total. The van der Waals surface area contributed by atoms with Crippen molar-refractivity contribution in [3.63, 3.8) is 0 Å². The number of pyridine rings is 1. The zero-order valence-electron chi connectivity index (χ0n) is 7.45. The molecule has 64 valence electrons. The molecule has 0 bridgehead atoms. The molecule has 0 fully saturated rings. The number of nitrogens with zero attached hydrogens (tertiary/aromatic N) is 2. The molecule has 0 aliphatic carbocycles. The van der Waals surface area contributed by atoms with Crippen LogP contribution in [0.3, 0.4) is 0 Å². The van der Waals surface area contributed by atoms with Gasteiger partial charge in [0.2, 0.25) is 0 Å². The molecule has 2 heterocycles. The van der Waals surface area contributed by atoms with Crippen LogP contribution in [0.1, 0.15) is 0 Å². The predicted octanol–water partition coefficient (Wildman–Crippen LogP) is 0.340. The molecule has 0 radical (unpaired) electrons. The fourth-order valence-electron chi connectivity index (χ4n) is 1.45. The van der Waals surface area contributed by atoms with Gasteiger partial charge in [0, 0.05) is 13.1 Å². The van der Waals surface area contributed by atoms with Crippen molar-refractivity contribution in [2.75, 3.05) is 25.1 Å². The lowest BCUT2D eigenvalue weighted by Crippen LogP contribution is -2.38. The lowest BCUT2D eigenvalue weighted by atomic mass is 10.3. The maximum Gasteiger partial charge on any atom is 0.391 e. The summed E-state index contributed by atoms with van der Waals surface area (Å²) >= 11 is 0. The third-order valence-corrected chi connectivity index (χ3v) is 2.18. The van der Waals surface area contributed by atoms with E-state index in [1.54, 1.807) is 0 Å². The topological polar surface area (TPSA) is 16.4 Å². The summed E-state index contributed by atoms with van der Waals surface area (Å²) in [6.45, 7) is 1.75. The van der Waals surface area contributed by atoms with Gasteiger partial charge in [-0.2, -0.15) is 4.57 Å². The highest BCUT2D eigenvalue weighted by atomic mass is 16.5. The largest absolute Gasteiger partial charge is 0.441 e. The van der Waals surface area contributed by atoms with E-state index in [4.69, 9.17) is 4.74 Å². The molecule has 0 saturated carbocycles. The Morgan fingerprint density at radius 1 is 1.58 bits per heavy atom. The number of aryl methyl sites for hydroxylation is 1. The van der Waals surface area contributed by atoms with Crippen LogP contribution in [-0.2, 0) is 7.05 Å². The van der Waals surface area contributed by atoms with Crippen LogP contribution in [0.15, 0.2) is 18.3 Å². The molecule has 0 atom stereocenters. The number of fused-ring (bicyclic) bond motifs is 1. The molecule has 1 aromatic rings. The zero-order valence-corrected chi connectivity index (χ0v) is 7.45. The number of likely N-dealkylation sites (N-methyl/N-ethyl adjacent to an activating group) is 1. The van der Waals surface area contributed by atoms with Gasteiger partial charge in [-0.25, -0.2) is 0 Å². The van der Waals surface area contributed by atoms with Gasteiger partial charge in [-0.1, -0.05) is 0 Å². The Labute approximate surface area is 72.2 Å². The van der Waals surface area contributed by atoms with Crippen molar-refractivity contribution in [3.05, 3.63) is 18.3 Å². The van der Waals surface area contributed by atoms with Crippen LogP contribution in [0, 0.1) is 0 Å². The predicted molar refractivity (Wildman–Crippen MR) is 46.4 cm³/mol. The maximum atomic E-state index is 5.55. The van der Waals surface area contributed by atoms with Gasteiger partial charge < -0.3 is 9.64 Å². The Hall–Kier alpha value is -1.25. The van der Waals surface area contributed by atoms with Crippen molar-refractivity contribution < 1.29 is 9.30 Å². The molecule has 3 heteroatoms. The fourth-order valence-corrected chi connectivity index (χ4v) is 1.45. The normalized spacial score (nSPS) is 15.3. The Morgan fingerprint density at radius 3 is 3.17 bits per heavy atom. The number of anilines is 1. The first kappa shape index (κ1) is 7.40. The van der Waals surface area contributed by atoms with E-state index in [1.807, 2.05) is 23.9 Å². The molecule has 0 spiro atoms. The summed E-state index contributed by atoms with van der Waals surface area (Å²) in [6, 6.07) is 4.11. The molecule has 0 unspecified atom stereocenters. The van der Waals surface area contributed by atoms with Crippen LogP contribution >= 0.6 is 0 Å². The number of aromatic nitrogens is 1. The standard InChI is InChI=1S/C9H13N2O/c1-10-6-7-12-9-8(10)4-3-5-11(9)2/h3-5H,6-7H2,1-2H3/q+1. The van der Waals surface area contributed by atoms with Crippen LogP contribution in [0.25, 0.3) is 0 Å². The first-order chi connectivity index (χ1) is 5.79. The van der Waals surface area contributed by atoms with Crippen molar-refractivity contribution in [3.8, 4) is 5.88 Å². The number of hydrogen-bond donors (Lipinski definition) is 0. The number of ether oxygens (including phenoxy) is 1. The second kappa shape index (κ2) is 2.66. The Kier molecular flexibility index (Phi) is 1.64. The van der Waals surface area contributed by atoms with Gasteiger partial charge in [0.25, 0.3) is 0 Å². The Morgan fingerprint density at radius 2 is 2.42 bits per heavy atom. The quantitative estimate of drug-likeness (QED) is 0.515. The van der Waals surface area contributed by atoms with Crippen molar-refractivity contribution in [1.82, 2.24) is 0 Å². The number of hydrogen-bond acceptors (Lipinski definition) is 2. The zero-order chi connectivity index (χ0) is 8.55. The van der Waals surface area contributed by atoms with E-state index in [0.29, 0.717) is 0 Å². The van der Waals surface area contributed by atoms with Crippen LogP contribution < -0.4 is 14.2 Å². The third kappa shape index (κ3) is 1.02. The molecular formula is C9H13N2O+. The molecule has 0 saturated heterocycles. The van der Waals surface area contributed by atoms with Crippen molar-refractivity contribution in [1.29, 1.82) is 0 Å². The average Bonchev–Trinajstić information content (AvgIpc) is 2.07. The minimum atomic E-state index is 0.779. The summed E-state index contributed by atoms with van der Waals surface area (Å²) in [6.07, 6.45) is 2.00. The van der Waals surface area contributed by atoms with E-state index in [1.165, 1.54) is 5.69 Å². The van der Waals surface area contributed by atoms with Crippen LogP contribution in [-0.4, -0.2) is 20.2 Å². The molecule has 1 aliphatic heterocycles. The van der Waals surface area contributed by atoms with Gasteiger partial charge in [-0.15, -0.1) is 0 Å². The van der Waals surface area contributed by atoms with Gasteiger partial charge in [-0.05, 0) is 6.07 Å². The molecular weight excluding hydrogens is 152 g/mol. The van der Waals surface area contributed by atoms with E-state index in [2.05, 4.69) is 18.0 Å². The molecule has 0 amide bonds. The molecule has 3 nitrogen and oxygen atoms in total. The second-order valence-electron chi connectivity index (χ2n) is 3.08. The second-order valence-corrected chi connectivity index (χ2v) is 3.08. The molecule has 1 aromatic heterocycles. The van der Waals surface area contributed by atoms with Crippen molar-refractivity contribution >= 4 is 5.69 Å². The molecule has 1 aliphatic rings. The first-order valence-electron chi connectivity index (χ1n) is 4.11. The molecule has 2 rings (SSSR count). The highest BCUT2D eigenvalue weighted by molar-refractivity contribution is 5.52. The summed E-state index contributed by atoms with van der Waals surface area (Å²) in [5.41, 5.74) is 1.17. The highest BCUT2D eigenvalue weighted by Gasteiger charge is 2.22. The smallest absolute Gasteiger partial charge is 0.391 e. The Balaban J connectivity index is 2.52. The van der Waals surface area contributed by atoms with Crippen molar-refractivity contribution in [2.24, 2.45) is 7.05 Å². The van der Waals surface area contributed by atoms with Gasteiger partial charge in [-0.3, -0.25) is 0 Å². The van der Waals surface area contributed by atoms with Crippen LogP contribution in [0.4, 0.5) is 5.69 Å². The minimum Gasteiger partial charge on any atom is -0.441 e. The maximum absolute atomic E-state index is 5.55. The molecule has 12 heavy (non-hydrogen) atoms. The van der Waals surface area contributed by atoms with Gasteiger partial charge in [0.15, 0.2) is 11.9 Å². The van der Waals surface area contributed by atoms with Gasteiger partial charge >= 0.3 is 5.88 Å². The average molecular weight is 165 g/mol.